The highest BCUT2D eigenvalue weighted by molar-refractivity contribution is 7.00. The van der Waals surface area contributed by atoms with E-state index < -0.39 is 0 Å². The minimum Gasteiger partial charge on any atom is -0.455 e. The first-order valence-electron chi connectivity index (χ1n) is 26.5. The molecule has 358 valence electrons. The first-order valence-corrected chi connectivity index (χ1v) is 26.5. The first kappa shape index (κ1) is 42.7. The van der Waals surface area contributed by atoms with Gasteiger partial charge in [0.25, 0.3) is 6.71 Å². The second-order valence-corrected chi connectivity index (χ2v) is 23.4. The predicted molar refractivity (Wildman–Crippen MR) is 318 cm³/mol. The molecule has 0 atom stereocenters. The van der Waals surface area contributed by atoms with Crippen LogP contribution in [0.25, 0.3) is 88.1 Å². The normalized spacial score (nSPS) is 13.7. The summed E-state index contributed by atoms with van der Waals surface area (Å²) in [5.41, 5.74) is 26.3. The Balaban J connectivity index is 0.964. The van der Waals surface area contributed by atoms with Gasteiger partial charge in [0.05, 0.1) is 39.1 Å². The van der Waals surface area contributed by atoms with Crippen LogP contribution >= 0.6 is 0 Å². The lowest BCUT2D eigenvalue weighted by molar-refractivity contribution is 0.590. The fraction of sp³-hybridized carbons (Fsp3) is 0.130. The Morgan fingerprint density at radius 2 is 1.03 bits per heavy atom. The van der Waals surface area contributed by atoms with E-state index in [2.05, 4.69) is 255 Å². The molecule has 0 fully saturated rings. The Labute approximate surface area is 436 Å². The lowest BCUT2D eigenvalue weighted by Gasteiger charge is -2.46. The van der Waals surface area contributed by atoms with E-state index in [1.54, 1.807) is 0 Å². The number of hydrogen-bond donors (Lipinski definition) is 0. The Morgan fingerprint density at radius 1 is 0.413 bits per heavy atom. The molecule has 0 aliphatic carbocycles. The fourth-order valence-electron chi connectivity index (χ4n) is 13.4. The van der Waals surface area contributed by atoms with Crippen molar-refractivity contribution in [3.8, 4) is 22.5 Å². The largest absolute Gasteiger partial charge is 0.455 e. The van der Waals surface area contributed by atoms with Crippen LogP contribution in [0.3, 0.4) is 0 Å². The molecule has 3 aromatic heterocycles. The van der Waals surface area contributed by atoms with Gasteiger partial charge in [0.2, 0.25) is 0 Å². The van der Waals surface area contributed by atoms with Crippen molar-refractivity contribution < 1.29 is 4.42 Å². The van der Waals surface area contributed by atoms with Gasteiger partial charge in [-0.05, 0) is 141 Å². The van der Waals surface area contributed by atoms with E-state index >= 15 is 0 Å². The van der Waals surface area contributed by atoms with Crippen molar-refractivity contribution >= 4 is 123 Å². The van der Waals surface area contributed by atoms with E-state index in [1.807, 2.05) is 6.07 Å². The standard InChI is InChI=1S/C69H53BN4O/c1-40-35-61-64-62(36-40)74-58-22-13-18-49-47-15-8-10-21-55(47)73(65(49)58)59-23-14-20-54(66(59)74)70(64)53-32-31-45(72-56-33-27-42(68(2,3)4)37-51(56)52-38-43(69(5,6)7)28-34-57(52)72)39-60(53)71(61)44-29-25-41(26-30-44)46-17-12-19-50-48-16-9-11-24-63(48)75-67(46)50/h8-39H,1-7H3. The van der Waals surface area contributed by atoms with E-state index in [-0.39, 0.29) is 17.5 Å². The summed E-state index contributed by atoms with van der Waals surface area (Å²) in [5, 5.41) is 7.39. The molecule has 3 aliphatic heterocycles. The minimum absolute atomic E-state index is 0.00378. The Morgan fingerprint density at radius 3 is 1.77 bits per heavy atom. The molecule has 6 heterocycles. The zero-order chi connectivity index (χ0) is 50.4. The van der Waals surface area contributed by atoms with Crippen molar-refractivity contribution in [3.63, 3.8) is 0 Å². The maximum absolute atomic E-state index is 6.59. The van der Waals surface area contributed by atoms with E-state index in [9.17, 15) is 0 Å². The predicted octanol–water partition coefficient (Wildman–Crippen LogP) is 16.7. The second kappa shape index (κ2) is 14.7. The summed E-state index contributed by atoms with van der Waals surface area (Å²) in [7, 11) is 0. The molecule has 10 aromatic carbocycles. The average molecular weight is 965 g/mol. The maximum Gasteiger partial charge on any atom is 0.252 e. The fourth-order valence-corrected chi connectivity index (χ4v) is 13.4. The molecule has 0 spiro atoms. The van der Waals surface area contributed by atoms with Crippen molar-refractivity contribution in [2.45, 2.75) is 59.3 Å². The molecule has 13 aromatic rings. The monoisotopic (exact) mass is 964 g/mol. The second-order valence-electron chi connectivity index (χ2n) is 23.4. The highest BCUT2D eigenvalue weighted by Gasteiger charge is 2.46. The number of anilines is 6. The molecule has 0 bridgehead atoms. The minimum atomic E-state index is -0.0310. The number of nitrogens with zero attached hydrogens (tertiary/aromatic N) is 4. The molecule has 0 saturated heterocycles. The molecular weight excluding hydrogens is 912 g/mol. The Kier molecular flexibility index (Phi) is 8.40. The van der Waals surface area contributed by atoms with Gasteiger partial charge in [-0.2, -0.15) is 0 Å². The lowest BCUT2D eigenvalue weighted by Crippen LogP contribution is -2.61. The van der Waals surface area contributed by atoms with Crippen molar-refractivity contribution in [3.05, 3.63) is 211 Å². The van der Waals surface area contributed by atoms with Crippen molar-refractivity contribution in [2.24, 2.45) is 0 Å². The summed E-state index contributed by atoms with van der Waals surface area (Å²) >= 11 is 0. The van der Waals surface area contributed by atoms with Crippen LogP contribution in [0.5, 0.6) is 0 Å². The van der Waals surface area contributed by atoms with E-state index in [0.29, 0.717) is 0 Å². The van der Waals surface area contributed by atoms with Gasteiger partial charge in [0.15, 0.2) is 0 Å². The quantitative estimate of drug-likeness (QED) is 0.165. The molecule has 6 heteroatoms. The van der Waals surface area contributed by atoms with E-state index in [0.717, 1.165) is 44.4 Å². The highest BCUT2D eigenvalue weighted by atomic mass is 16.3. The zero-order valence-electron chi connectivity index (χ0n) is 43.2. The van der Waals surface area contributed by atoms with Crippen molar-refractivity contribution in [1.29, 1.82) is 0 Å². The number of benzene rings is 10. The summed E-state index contributed by atoms with van der Waals surface area (Å²) in [4.78, 5) is 5.16. The molecule has 0 unspecified atom stereocenters. The molecule has 75 heavy (non-hydrogen) atoms. The highest BCUT2D eigenvalue weighted by Crippen LogP contribution is 2.53. The summed E-state index contributed by atoms with van der Waals surface area (Å²) < 4.78 is 11.6. The van der Waals surface area contributed by atoms with Crippen LogP contribution in [0.4, 0.5) is 34.1 Å². The van der Waals surface area contributed by atoms with Crippen LogP contribution in [0.2, 0.25) is 0 Å². The molecular formula is C69H53BN4O. The van der Waals surface area contributed by atoms with Crippen LogP contribution in [0, 0.1) is 6.92 Å². The third-order valence-electron chi connectivity index (χ3n) is 16.9. The van der Waals surface area contributed by atoms with Gasteiger partial charge in [0, 0.05) is 66.3 Å². The molecule has 5 nitrogen and oxygen atoms in total. The van der Waals surface area contributed by atoms with Crippen LogP contribution in [0.15, 0.2) is 199 Å². The maximum atomic E-state index is 6.59. The van der Waals surface area contributed by atoms with Gasteiger partial charge in [-0.3, -0.25) is 0 Å². The summed E-state index contributed by atoms with van der Waals surface area (Å²) in [6.45, 7) is 16.1. The Hall–Kier alpha value is -8.74. The topological polar surface area (TPSA) is 29.5 Å². The van der Waals surface area contributed by atoms with Crippen molar-refractivity contribution in [1.82, 2.24) is 9.13 Å². The number of para-hydroxylation sites is 5. The van der Waals surface area contributed by atoms with Gasteiger partial charge in [0.1, 0.15) is 11.2 Å². The van der Waals surface area contributed by atoms with E-state index in [4.69, 9.17) is 4.42 Å². The lowest BCUT2D eigenvalue weighted by atomic mass is 9.33. The summed E-state index contributed by atoms with van der Waals surface area (Å²) in [6.07, 6.45) is 0. The Bertz CT molecular complexity index is 4580. The van der Waals surface area contributed by atoms with Crippen LogP contribution in [-0.2, 0) is 10.8 Å². The summed E-state index contributed by atoms with van der Waals surface area (Å²) in [5.74, 6) is 0. The third-order valence-corrected chi connectivity index (χ3v) is 16.9. The van der Waals surface area contributed by atoms with Crippen LogP contribution in [0.1, 0.15) is 58.2 Å². The molecule has 16 rings (SSSR count). The summed E-state index contributed by atoms with van der Waals surface area (Å²) in [6, 6.07) is 73.4. The SMILES string of the molecule is Cc1cc2c3c(c1)N1c4c(cccc4-n4c5ccccc5c5cccc1c54)B3c1ccc(-n3c4ccc(C(C)(C)C)cc4c4cc(C(C)(C)C)ccc43)cc1N2c1ccc(-c2cccc3c2oc2ccccc23)cc1. The molecule has 0 saturated carbocycles. The van der Waals surface area contributed by atoms with Crippen LogP contribution < -0.4 is 26.2 Å². The van der Waals surface area contributed by atoms with Gasteiger partial charge in [-0.15, -0.1) is 0 Å². The smallest absolute Gasteiger partial charge is 0.252 e. The molecule has 0 amide bonds. The van der Waals surface area contributed by atoms with E-state index in [1.165, 1.54) is 111 Å². The third kappa shape index (κ3) is 5.80. The number of furan rings is 1. The molecule has 0 radical (unpaired) electrons. The molecule has 3 aliphatic rings. The average Bonchev–Trinajstić information content (AvgIpc) is 4.23. The van der Waals surface area contributed by atoms with Crippen LogP contribution in [-0.4, -0.2) is 15.8 Å². The number of aromatic nitrogens is 2. The number of hydrogen-bond acceptors (Lipinski definition) is 3. The van der Waals surface area contributed by atoms with Gasteiger partial charge in [-0.25, -0.2) is 0 Å². The zero-order valence-corrected chi connectivity index (χ0v) is 43.2. The van der Waals surface area contributed by atoms with Gasteiger partial charge < -0.3 is 23.4 Å². The molecule has 0 N–H and O–H groups in total. The number of aryl methyl sites for hydroxylation is 1. The number of rotatable bonds is 3. The van der Waals surface area contributed by atoms with Gasteiger partial charge >= 0.3 is 0 Å². The van der Waals surface area contributed by atoms with Gasteiger partial charge in [-0.1, -0.05) is 151 Å². The first-order chi connectivity index (χ1) is 36.4. The number of fused-ring (bicyclic) bond motifs is 15. The van der Waals surface area contributed by atoms with Crippen molar-refractivity contribution in [2.75, 3.05) is 9.80 Å².